The lowest BCUT2D eigenvalue weighted by Gasteiger charge is -2.18. The summed E-state index contributed by atoms with van der Waals surface area (Å²) in [6.07, 6.45) is 1.91. The van der Waals surface area contributed by atoms with Crippen LogP contribution < -0.4 is 16.0 Å². The molecule has 2 aromatic rings. The van der Waals surface area contributed by atoms with Gasteiger partial charge in [0.15, 0.2) is 0 Å². The number of methoxy groups -OCH3 is 1. The second-order valence-corrected chi connectivity index (χ2v) is 5.84. The predicted octanol–water partition coefficient (Wildman–Crippen LogP) is 3.77. The largest absolute Gasteiger partial charge is 0.496 e. The molecule has 0 aliphatic carbocycles. The molecule has 0 radical (unpaired) electrons. The van der Waals surface area contributed by atoms with Crippen molar-refractivity contribution >= 4 is 15.9 Å². The highest BCUT2D eigenvalue weighted by Gasteiger charge is 2.12. The van der Waals surface area contributed by atoms with Crippen LogP contribution in [0.3, 0.4) is 0 Å². The molecular formula is C17H21BrN2O. The van der Waals surface area contributed by atoms with E-state index in [0.717, 1.165) is 28.6 Å². The van der Waals surface area contributed by atoms with Crippen molar-refractivity contribution in [2.45, 2.75) is 25.8 Å². The SMILES string of the molecule is CCc1ccc(CC(NN)c2ccc(OC)c(Br)c2)cc1. The first-order valence-corrected chi connectivity index (χ1v) is 7.84. The van der Waals surface area contributed by atoms with E-state index in [1.807, 2.05) is 18.2 Å². The Morgan fingerprint density at radius 1 is 1.14 bits per heavy atom. The van der Waals surface area contributed by atoms with E-state index in [-0.39, 0.29) is 6.04 Å². The summed E-state index contributed by atoms with van der Waals surface area (Å²) >= 11 is 3.52. The predicted molar refractivity (Wildman–Crippen MR) is 90.3 cm³/mol. The Bertz CT molecular complexity index is 584. The summed E-state index contributed by atoms with van der Waals surface area (Å²) in [4.78, 5) is 0. The van der Waals surface area contributed by atoms with Crippen molar-refractivity contribution in [3.8, 4) is 5.75 Å². The van der Waals surface area contributed by atoms with Crippen molar-refractivity contribution in [3.63, 3.8) is 0 Å². The molecule has 0 aliphatic rings. The van der Waals surface area contributed by atoms with Crippen LogP contribution in [0.5, 0.6) is 5.75 Å². The van der Waals surface area contributed by atoms with E-state index in [1.165, 1.54) is 11.1 Å². The molecule has 21 heavy (non-hydrogen) atoms. The number of halogens is 1. The lowest BCUT2D eigenvalue weighted by molar-refractivity contribution is 0.411. The van der Waals surface area contributed by atoms with Crippen LogP contribution in [-0.4, -0.2) is 7.11 Å². The van der Waals surface area contributed by atoms with Gasteiger partial charge in [-0.05, 0) is 57.6 Å². The minimum atomic E-state index is 0.0692. The summed E-state index contributed by atoms with van der Waals surface area (Å²) in [6.45, 7) is 2.16. The number of nitrogens with one attached hydrogen (secondary N) is 1. The summed E-state index contributed by atoms with van der Waals surface area (Å²) in [6, 6.07) is 14.8. The van der Waals surface area contributed by atoms with Crippen LogP contribution in [-0.2, 0) is 12.8 Å². The van der Waals surface area contributed by atoms with Crippen molar-refractivity contribution < 1.29 is 4.74 Å². The summed E-state index contributed by atoms with van der Waals surface area (Å²) < 4.78 is 6.19. The summed E-state index contributed by atoms with van der Waals surface area (Å²) in [5.74, 6) is 6.55. The Kier molecular flexibility index (Phi) is 5.79. The van der Waals surface area contributed by atoms with Crippen LogP contribution in [0.4, 0.5) is 0 Å². The number of ether oxygens (including phenoxy) is 1. The van der Waals surface area contributed by atoms with E-state index >= 15 is 0 Å². The van der Waals surface area contributed by atoms with Gasteiger partial charge in [-0.15, -0.1) is 0 Å². The van der Waals surface area contributed by atoms with Crippen LogP contribution in [0.2, 0.25) is 0 Å². The van der Waals surface area contributed by atoms with Gasteiger partial charge in [0.25, 0.3) is 0 Å². The standard InChI is InChI=1S/C17H21BrN2O/c1-3-12-4-6-13(7-5-12)10-16(20-19)14-8-9-17(21-2)15(18)11-14/h4-9,11,16,20H,3,10,19H2,1-2H3. The molecule has 0 amide bonds. The lowest BCUT2D eigenvalue weighted by atomic mass is 9.98. The van der Waals surface area contributed by atoms with Gasteiger partial charge in [0.1, 0.15) is 5.75 Å². The number of rotatable bonds is 6. The molecule has 0 spiro atoms. The van der Waals surface area contributed by atoms with Gasteiger partial charge in [-0.3, -0.25) is 11.3 Å². The topological polar surface area (TPSA) is 47.3 Å². The van der Waals surface area contributed by atoms with Gasteiger partial charge in [-0.2, -0.15) is 0 Å². The third kappa shape index (κ3) is 4.06. The molecule has 1 atom stereocenters. The van der Waals surface area contributed by atoms with Gasteiger partial charge in [-0.25, -0.2) is 0 Å². The van der Waals surface area contributed by atoms with Crippen LogP contribution >= 0.6 is 15.9 Å². The molecule has 0 heterocycles. The highest BCUT2D eigenvalue weighted by Crippen LogP contribution is 2.29. The third-order valence-corrected chi connectivity index (χ3v) is 4.27. The number of hydrogen-bond donors (Lipinski definition) is 2. The lowest BCUT2D eigenvalue weighted by Crippen LogP contribution is -2.29. The van der Waals surface area contributed by atoms with Crippen LogP contribution in [0, 0.1) is 0 Å². The summed E-state index contributed by atoms with van der Waals surface area (Å²) in [5.41, 5.74) is 6.64. The zero-order chi connectivity index (χ0) is 15.2. The summed E-state index contributed by atoms with van der Waals surface area (Å²) in [5, 5.41) is 0. The maximum atomic E-state index is 5.73. The minimum Gasteiger partial charge on any atom is -0.496 e. The Hall–Kier alpha value is -1.36. The van der Waals surface area contributed by atoms with E-state index in [0.29, 0.717) is 0 Å². The fraction of sp³-hybridized carbons (Fsp3) is 0.294. The zero-order valence-corrected chi connectivity index (χ0v) is 14.0. The van der Waals surface area contributed by atoms with E-state index in [9.17, 15) is 0 Å². The number of nitrogens with two attached hydrogens (primary N) is 1. The number of benzene rings is 2. The van der Waals surface area contributed by atoms with Crippen LogP contribution in [0.1, 0.15) is 29.7 Å². The van der Waals surface area contributed by atoms with Crippen LogP contribution in [0.25, 0.3) is 0 Å². The molecule has 2 rings (SSSR count). The number of hydrazine groups is 1. The van der Waals surface area contributed by atoms with E-state index < -0.39 is 0 Å². The van der Waals surface area contributed by atoms with Gasteiger partial charge in [0.05, 0.1) is 17.6 Å². The molecule has 0 bridgehead atoms. The van der Waals surface area contributed by atoms with Crippen molar-refractivity contribution in [2.75, 3.05) is 7.11 Å². The van der Waals surface area contributed by atoms with E-state index in [4.69, 9.17) is 10.6 Å². The van der Waals surface area contributed by atoms with Crippen LogP contribution in [0.15, 0.2) is 46.9 Å². The molecule has 0 aliphatic heterocycles. The second kappa shape index (κ2) is 7.59. The Morgan fingerprint density at radius 3 is 2.33 bits per heavy atom. The Morgan fingerprint density at radius 2 is 1.81 bits per heavy atom. The van der Waals surface area contributed by atoms with Crippen molar-refractivity contribution in [2.24, 2.45) is 5.84 Å². The zero-order valence-electron chi connectivity index (χ0n) is 12.4. The van der Waals surface area contributed by atoms with Gasteiger partial charge in [0, 0.05) is 0 Å². The molecule has 0 saturated carbocycles. The minimum absolute atomic E-state index is 0.0692. The van der Waals surface area contributed by atoms with Gasteiger partial charge < -0.3 is 4.74 Å². The molecule has 0 saturated heterocycles. The second-order valence-electron chi connectivity index (χ2n) is 4.99. The maximum Gasteiger partial charge on any atom is 0.133 e. The molecule has 0 fully saturated rings. The monoisotopic (exact) mass is 348 g/mol. The van der Waals surface area contributed by atoms with E-state index in [1.54, 1.807) is 7.11 Å². The molecule has 0 aromatic heterocycles. The first-order chi connectivity index (χ1) is 10.2. The smallest absolute Gasteiger partial charge is 0.133 e. The average molecular weight is 349 g/mol. The number of aryl methyl sites for hydroxylation is 1. The highest BCUT2D eigenvalue weighted by molar-refractivity contribution is 9.10. The van der Waals surface area contributed by atoms with Gasteiger partial charge >= 0.3 is 0 Å². The van der Waals surface area contributed by atoms with Crippen molar-refractivity contribution in [1.82, 2.24) is 5.43 Å². The normalized spacial score (nSPS) is 12.2. The van der Waals surface area contributed by atoms with Crippen molar-refractivity contribution in [3.05, 3.63) is 63.6 Å². The molecule has 2 aromatic carbocycles. The molecular weight excluding hydrogens is 328 g/mol. The molecule has 3 nitrogen and oxygen atoms in total. The highest BCUT2D eigenvalue weighted by atomic mass is 79.9. The molecule has 1 unspecified atom stereocenters. The molecule has 112 valence electrons. The van der Waals surface area contributed by atoms with Gasteiger partial charge in [0.2, 0.25) is 0 Å². The maximum absolute atomic E-state index is 5.73. The van der Waals surface area contributed by atoms with Crippen molar-refractivity contribution in [1.29, 1.82) is 0 Å². The number of hydrogen-bond acceptors (Lipinski definition) is 3. The Balaban J connectivity index is 2.16. The average Bonchev–Trinajstić information content (AvgIpc) is 2.53. The first-order valence-electron chi connectivity index (χ1n) is 7.05. The molecule has 3 N–H and O–H groups in total. The fourth-order valence-corrected chi connectivity index (χ4v) is 2.88. The Labute approximate surface area is 134 Å². The quantitative estimate of drug-likeness (QED) is 0.617. The van der Waals surface area contributed by atoms with Gasteiger partial charge in [-0.1, -0.05) is 37.3 Å². The molecule has 4 heteroatoms. The van der Waals surface area contributed by atoms with E-state index in [2.05, 4.69) is 52.5 Å². The first kappa shape index (κ1) is 16.0. The summed E-state index contributed by atoms with van der Waals surface area (Å²) in [7, 11) is 1.66. The third-order valence-electron chi connectivity index (χ3n) is 3.65. The fourth-order valence-electron chi connectivity index (χ4n) is 2.32.